The molecule has 2 aromatic carbocycles. The van der Waals surface area contributed by atoms with E-state index in [-0.39, 0.29) is 5.69 Å². The summed E-state index contributed by atoms with van der Waals surface area (Å²) in [5, 5.41) is 15.7. The molecule has 1 N–H and O–H groups in total. The fourth-order valence-corrected chi connectivity index (χ4v) is 3.14. The van der Waals surface area contributed by atoms with Gasteiger partial charge in [-0.1, -0.05) is 42.0 Å². The van der Waals surface area contributed by atoms with Crippen LogP contribution >= 0.6 is 0 Å². The molecule has 0 unspecified atom stereocenters. The second-order valence-corrected chi connectivity index (χ2v) is 6.22. The number of rotatable bonds is 3. The molecule has 6 nitrogen and oxygen atoms in total. The molecule has 0 amide bonds. The highest BCUT2D eigenvalue weighted by Crippen LogP contribution is 2.36. The number of hydrogen-bond acceptors (Lipinski definition) is 4. The molecule has 2 heterocycles. The van der Waals surface area contributed by atoms with E-state index in [2.05, 4.69) is 16.3 Å². The zero-order valence-corrected chi connectivity index (χ0v) is 14.9. The molecule has 0 radical (unpaired) electrons. The Bertz CT molecular complexity index is 1230. The van der Waals surface area contributed by atoms with Gasteiger partial charge < -0.3 is 4.74 Å². The van der Waals surface area contributed by atoms with E-state index in [1.165, 1.54) is 4.40 Å². The van der Waals surface area contributed by atoms with Crippen LogP contribution in [-0.2, 0) is 0 Å². The van der Waals surface area contributed by atoms with Gasteiger partial charge in [-0.15, -0.1) is 5.10 Å². The van der Waals surface area contributed by atoms with E-state index in [1.807, 2.05) is 49.4 Å². The Morgan fingerprint density at radius 2 is 1.74 bits per heavy atom. The number of hydrogen-bond donors (Lipinski definition) is 1. The van der Waals surface area contributed by atoms with Crippen molar-refractivity contribution in [2.75, 3.05) is 7.11 Å². The fourth-order valence-electron chi connectivity index (χ4n) is 3.14. The van der Waals surface area contributed by atoms with Gasteiger partial charge in [-0.3, -0.25) is 0 Å². The van der Waals surface area contributed by atoms with Crippen LogP contribution in [0, 0.1) is 18.3 Å². The van der Waals surface area contributed by atoms with Gasteiger partial charge in [0.1, 0.15) is 0 Å². The van der Waals surface area contributed by atoms with Crippen molar-refractivity contribution in [2.24, 2.45) is 0 Å². The smallest absolute Gasteiger partial charge is 0.348 e. The monoisotopic (exact) mass is 356 g/mol. The van der Waals surface area contributed by atoms with E-state index in [4.69, 9.17) is 10.00 Å². The number of methoxy groups -OCH3 is 1. The Hall–Kier alpha value is -3.85. The van der Waals surface area contributed by atoms with Crippen molar-refractivity contribution in [2.45, 2.75) is 6.92 Å². The molecule has 0 spiro atoms. The number of benzene rings is 2. The minimum Gasteiger partial charge on any atom is -0.493 e. The molecule has 0 atom stereocenters. The quantitative estimate of drug-likeness (QED) is 0.608. The number of H-pyrrole nitrogens is 1. The third-order valence-electron chi connectivity index (χ3n) is 4.52. The van der Waals surface area contributed by atoms with Crippen LogP contribution in [0.5, 0.6) is 5.75 Å². The average molecular weight is 356 g/mol. The molecule has 2 aromatic heterocycles. The number of pyridine rings is 1. The van der Waals surface area contributed by atoms with Crippen LogP contribution < -0.4 is 10.4 Å². The van der Waals surface area contributed by atoms with E-state index in [0.717, 1.165) is 22.3 Å². The van der Waals surface area contributed by atoms with Gasteiger partial charge in [-0.25, -0.2) is 14.3 Å². The van der Waals surface area contributed by atoms with Crippen LogP contribution in [0.15, 0.2) is 59.4 Å². The Morgan fingerprint density at radius 3 is 2.37 bits per heavy atom. The Labute approximate surface area is 155 Å². The predicted octanol–water partition coefficient (Wildman–Crippen LogP) is 3.55. The Morgan fingerprint density at radius 1 is 1.07 bits per heavy atom. The topological polar surface area (TPSA) is 83.2 Å². The third kappa shape index (κ3) is 2.75. The van der Waals surface area contributed by atoms with Gasteiger partial charge in [0.15, 0.2) is 5.75 Å². The highest BCUT2D eigenvalue weighted by atomic mass is 16.5. The highest BCUT2D eigenvalue weighted by Gasteiger charge is 2.19. The maximum atomic E-state index is 12.5. The summed E-state index contributed by atoms with van der Waals surface area (Å²) in [7, 11) is 1.54. The number of aromatic amines is 1. The molecule has 0 saturated heterocycles. The van der Waals surface area contributed by atoms with Crippen molar-refractivity contribution in [1.82, 2.24) is 14.6 Å². The molecular formula is C21H16N4O2. The molecule has 0 aliphatic carbocycles. The molecule has 27 heavy (non-hydrogen) atoms. The largest absolute Gasteiger partial charge is 0.493 e. The Balaban J connectivity index is 2.11. The second-order valence-electron chi connectivity index (χ2n) is 6.22. The van der Waals surface area contributed by atoms with Crippen molar-refractivity contribution in [3.05, 3.63) is 76.2 Å². The normalized spacial score (nSPS) is 10.7. The van der Waals surface area contributed by atoms with Gasteiger partial charge in [-0.05, 0) is 36.2 Å². The van der Waals surface area contributed by atoms with Crippen LogP contribution in [0.2, 0.25) is 0 Å². The van der Waals surface area contributed by atoms with Gasteiger partial charge in [-0.2, -0.15) is 5.26 Å². The zero-order valence-electron chi connectivity index (χ0n) is 14.9. The number of nitriles is 1. The minimum absolute atomic E-state index is 0.339. The number of aromatic nitrogens is 3. The van der Waals surface area contributed by atoms with Crippen molar-refractivity contribution < 1.29 is 4.74 Å². The molecule has 4 aromatic rings. The molecule has 0 aliphatic rings. The molecule has 0 fully saturated rings. The van der Waals surface area contributed by atoms with Crippen molar-refractivity contribution in [3.63, 3.8) is 0 Å². The first-order chi connectivity index (χ1) is 13.1. The van der Waals surface area contributed by atoms with Crippen LogP contribution in [0.3, 0.4) is 0 Å². The number of aryl methyl sites for hydroxylation is 1. The number of nitrogens with one attached hydrogen (secondary N) is 1. The maximum absolute atomic E-state index is 12.5. The zero-order chi connectivity index (χ0) is 19.0. The standard InChI is InChI=1S/C21H16N4O2/c1-13-3-7-16(8-4-13)19-17(15-9-5-14(12-22)6-10-15)11-18(27-2)20-23-24-21(26)25(19)20/h3-11H,1-2H3,(H,24,26). The average Bonchev–Trinajstić information content (AvgIpc) is 3.09. The summed E-state index contributed by atoms with van der Waals surface area (Å²) < 4.78 is 6.99. The summed E-state index contributed by atoms with van der Waals surface area (Å²) in [6, 6.07) is 19.2. The summed E-state index contributed by atoms with van der Waals surface area (Å²) in [5.41, 5.74) is 5.08. The van der Waals surface area contributed by atoms with Crippen molar-refractivity contribution in [1.29, 1.82) is 5.26 Å². The molecule has 0 saturated carbocycles. The first kappa shape index (κ1) is 16.6. The summed E-state index contributed by atoms with van der Waals surface area (Å²) in [5.74, 6) is 0.489. The van der Waals surface area contributed by atoms with E-state index in [9.17, 15) is 4.79 Å². The van der Waals surface area contributed by atoms with Gasteiger partial charge >= 0.3 is 5.69 Å². The molecular weight excluding hydrogens is 340 g/mol. The van der Waals surface area contributed by atoms with Gasteiger partial charge in [0.05, 0.1) is 24.4 Å². The molecule has 132 valence electrons. The van der Waals surface area contributed by atoms with Gasteiger partial charge in [0.25, 0.3) is 0 Å². The molecule has 0 aliphatic heterocycles. The lowest BCUT2D eigenvalue weighted by Gasteiger charge is -2.15. The van der Waals surface area contributed by atoms with Crippen LogP contribution in [0.25, 0.3) is 28.0 Å². The lowest BCUT2D eigenvalue weighted by molar-refractivity contribution is 0.417. The lowest BCUT2D eigenvalue weighted by atomic mass is 9.97. The summed E-state index contributed by atoms with van der Waals surface area (Å²) in [6.07, 6.45) is 0. The van der Waals surface area contributed by atoms with Gasteiger partial charge in [0, 0.05) is 5.56 Å². The number of ether oxygens (including phenoxy) is 1. The fraction of sp³-hybridized carbons (Fsp3) is 0.0952. The van der Waals surface area contributed by atoms with Gasteiger partial charge in [0.2, 0.25) is 5.65 Å². The highest BCUT2D eigenvalue weighted by molar-refractivity contribution is 5.85. The first-order valence-electron chi connectivity index (χ1n) is 8.38. The van der Waals surface area contributed by atoms with Crippen LogP contribution in [0.4, 0.5) is 0 Å². The number of nitrogens with zero attached hydrogens (tertiary/aromatic N) is 3. The molecule has 4 rings (SSSR count). The first-order valence-corrected chi connectivity index (χ1v) is 8.38. The Kier molecular flexibility index (Phi) is 3.98. The van der Waals surface area contributed by atoms with Crippen molar-refractivity contribution in [3.8, 4) is 34.2 Å². The molecule has 0 bridgehead atoms. The van der Waals surface area contributed by atoms with Crippen LogP contribution in [0.1, 0.15) is 11.1 Å². The van der Waals surface area contributed by atoms with E-state index in [0.29, 0.717) is 22.7 Å². The van der Waals surface area contributed by atoms with E-state index in [1.54, 1.807) is 19.2 Å². The van der Waals surface area contributed by atoms with E-state index < -0.39 is 0 Å². The SMILES string of the molecule is COc1cc(-c2ccc(C#N)cc2)c(-c2ccc(C)cc2)n2c(=O)[nH]nc12. The summed E-state index contributed by atoms with van der Waals surface area (Å²) in [4.78, 5) is 12.5. The third-order valence-corrected chi connectivity index (χ3v) is 4.52. The van der Waals surface area contributed by atoms with Crippen molar-refractivity contribution >= 4 is 5.65 Å². The lowest BCUT2D eigenvalue weighted by Crippen LogP contribution is -2.13. The van der Waals surface area contributed by atoms with Crippen LogP contribution in [-0.4, -0.2) is 21.7 Å². The van der Waals surface area contributed by atoms with E-state index >= 15 is 0 Å². The minimum atomic E-state index is -0.339. The maximum Gasteiger partial charge on any atom is 0.348 e. The summed E-state index contributed by atoms with van der Waals surface area (Å²) in [6.45, 7) is 2.01. The summed E-state index contributed by atoms with van der Waals surface area (Å²) >= 11 is 0. The predicted molar refractivity (Wildman–Crippen MR) is 103 cm³/mol. The number of fused-ring (bicyclic) bond motifs is 1. The second kappa shape index (κ2) is 6.46. The molecule has 6 heteroatoms.